The summed E-state index contributed by atoms with van der Waals surface area (Å²) >= 11 is 0. The average Bonchev–Trinajstić information content (AvgIpc) is 3.66. The predicted octanol–water partition coefficient (Wildman–Crippen LogP) is 8.67. The maximum atomic E-state index is 17.3. The summed E-state index contributed by atoms with van der Waals surface area (Å²) in [5, 5.41) is 2.51. The highest BCUT2D eigenvalue weighted by Gasteiger charge is 2.49. The molecule has 0 N–H and O–H groups in total. The standard InChI is InChI=1S/C42H55F2N5O4Si/c1-7-51-34(50)22-28-12-10-19-48(25-28)39-33-24-45-37(36(44)38(33)46-40(47-39)52-27-42-18-11-20-49(42)26-31(43)23-42)32-16-9-15-29-13-8-14-30(35(29)32)17-21-53-54(5,6)41(2,3)4/h8-9,13-16,24,28,31H,7,10-12,17-23,25-27H2,1-6H3/t28?,31-,42+/m1/s1. The van der Waals surface area contributed by atoms with Crippen molar-refractivity contribution in [3.63, 3.8) is 0 Å². The number of piperidine rings is 1. The number of pyridine rings is 1. The molecule has 7 rings (SSSR count). The van der Waals surface area contributed by atoms with Crippen LogP contribution in [0, 0.1) is 11.7 Å². The number of rotatable bonds is 12. The molecule has 0 bridgehead atoms. The predicted molar refractivity (Wildman–Crippen MR) is 212 cm³/mol. The van der Waals surface area contributed by atoms with E-state index in [0.29, 0.717) is 68.9 Å². The summed E-state index contributed by atoms with van der Waals surface area (Å²) in [6, 6.07) is 12.1. The zero-order valence-electron chi connectivity index (χ0n) is 32.7. The highest BCUT2D eigenvalue weighted by Crippen LogP contribution is 2.42. The van der Waals surface area contributed by atoms with E-state index in [2.05, 4.69) is 49.7 Å². The number of esters is 1. The fraction of sp³-hybridized carbons (Fsp3) is 0.571. The minimum Gasteiger partial charge on any atom is -0.466 e. The van der Waals surface area contributed by atoms with E-state index in [0.717, 1.165) is 48.6 Å². The SMILES string of the molecule is CCOC(=O)CC1CCCN(c2nc(OC[C@@]34CCCN3C[C@H](F)C4)nc3c(F)c(-c4cccc5cccc(CCO[Si](C)(C)C(C)(C)C)c45)ncc23)C1. The third-order valence-electron chi connectivity index (χ3n) is 12.3. The summed E-state index contributed by atoms with van der Waals surface area (Å²) in [7, 11) is -1.96. The number of aromatic nitrogens is 3. The number of anilines is 1. The van der Waals surface area contributed by atoms with Gasteiger partial charge in [0.1, 0.15) is 29.8 Å². The Morgan fingerprint density at radius 3 is 2.65 bits per heavy atom. The molecule has 3 saturated heterocycles. The third-order valence-corrected chi connectivity index (χ3v) is 16.9. The van der Waals surface area contributed by atoms with Gasteiger partial charge in [0.15, 0.2) is 14.1 Å². The summed E-state index contributed by atoms with van der Waals surface area (Å²) in [5.74, 6) is -0.183. The highest BCUT2D eigenvalue weighted by atomic mass is 28.4. The molecule has 0 aliphatic carbocycles. The molecule has 0 radical (unpaired) electrons. The van der Waals surface area contributed by atoms with Crippen LogP contribution in [0.4, 0.5) is 14.6 Å². The first kappa shape index (κ1) is 38.5. The van der Waals surface area contributed by atoms with Gasteiger partial charge >= 0.3 is 12.0 Å². The molecule has 3 aliphatic heterocycles. The van der Waals surface area contributed by atoms with Gasteiger partial charge in [-0.25, -0.2) is 8.78 Å². The van der Waals surface area contributed by atoms with Gasteiger partial charge in [-0.1, -0.05) is 57.2 Å². The lowest BCUT2D eigenvalue weighted by atomic mass is 9.94. The van der Waals surface area contributed by atoms with E-state index in [-0.39, 0.29) is 40.8 Å². The molecule has 3 aliphatic rings. The van der Waals surface area contributed by atoms with Crippen LogP contribution in [0.5, 0.6) is 6.01 Å². The number of alkyl halides is 1. The zero-order chi connectivity index (χ0) is 38.3. The summed E-state index contributed by atoms with van der Waals surface area (Å²) in [6.45, 7) is 16.6. The van der Waals surface area contributed by atoms with Crippen molar-refractivity contribution in [1.82, 2.24) is 19.9 Å². The summed E-state index contributed by atoms with van der Waals surface area (Å²) in [4.78, 5) is 31.1. The van der Waals surface area contributed by atoms with E-state index in [1.807, 2.05) is 37.3 Å². The molecule has 2 aromatic carbocycles. The Morgan fingerprint density at radius 2 is 1.87 bits per heavy atom. The Balaban J connectivity index is 1.27. The van der Waals surface area contributed by atoms with E-state index in [1.54, 1.807) is 6.20 Å². The molecular formula is C42H55F2N5O4Si. The van der Waals surface area contributed by atoms with Gasteiger partial charge in [0.25, 0.3) is 0 Å². The van der Waals surface area contributed by atoms with Crippen LogP contribution in [0.2, 0.25) is 18.1 Å². The van der Waals surface area contributed by atoms with Crippen molar-refractivity contribution in [3.8, 4) is 17.3 Å². The highest BCUT2D eigenvalue weighted by molar-refractivity contribution is 6.74. The average molecular weight is 760 g/mol. The van der Waals surface area contributed by atoms with Gasteiger partial charge in [0.2, 0.25) is 0 Å². The van der Waals surface area contributed by atoms with Crippen molar-refractivity contribution in [2.24, 2.45) is 5.92 Å². The number of ether oxygens (including phenoxy) is 2. The van der Waals surface area contributed by atoms with Crippen molar-refractivity contribution in [2.45, 2.75) is 102 Å². The number of hydrogen-bond acceptors (Lipinski definition) is 9. The molecule has 3 atom stereocenters. The number of hydrogen-bond donors (Lipinski definition) is 0. The van der Waals surface area contributed by atoms with Gasteiger partial charge in [-0.05, 0) is 86.0 Å². The first-order valence-electron chi connectivity index (χ1n) is 19.7. The van der Waals surface area contributed by atoms with Crippen LogP contribution in [0.3, 0.4) is 0 Å². The smallest absolute Gasteiger partial charge is 0.319 e. The van der Waals surface area contributed by atoms with Gasteiger partial charge in [0, 0.05) is 44.4 Å². The second-order valence-corrected chi connectivity index (χ2v) is 21.8. The molecule has 5 heterocycles. The Labute approximate surface area is 318 Å². The molecule has 4 aromatic rings. The minimum absolute atomic E-state index is 0.0601. The number of nitrogens with zero attached hydrogens (tertiary/aromatic N) is 5. The van der Waals surface area contributed by atoms with E-state index in [1.165, 1.54) is 0 Å². The molecule has 1 unspecified atom stereocenters. The van der Waals surface area contributed by atoms with Crippen LogP contribution in [0.1, 0.15) is 71.8 Å². The molecule has 12 heteroatoms. The fourth-order valence-corrected chi connectivity index (χ4v) is 9.54. The number of halogens is 2. The lowest BCUT2D eigenvalue weighted by Crippen LogP contribution is -2.43. The van der Waals surface area contributed by atoms with Crippen LogP contribution in [0.25, 0.3) is 32.9 Å². The molecule has 9 nitrogen and oxygen atoms in total. The number of carbonyl (C=O) groups is 1. The largest absolute Gasteiger partial charge is 0.466 e. The Bertz CT molecular complexity index is 2000. The molecule has 0 saturated carbocycles. The van der Waals surface area contributed by atoms with Crippen molar-refractivity contribution in [1.29, 1.82) is 0 Å². The molecule has 290 valence electrons. The van der Waals surface area contributed by atoms with Crippen LogP contribution in [-0.2, 0) is 20.4 Å². The molecule has 3 fully saturated rings. The normalized spacial score (nSPS) is 22.3. The first-order chi connectivity index (χ1) is 25.8. The number of carbonyl (C=O) groups excluding carboxylic acids is 1. The monoisotopic (exact) mass is 759 g/mol. The van der Waals surface area contributed by atoms with Crippen molar-refractivity contribution in [3.05, 3.63) is 54.0 Å². The molecule has 0 amide bonds. The lowest BCUT2D eigenvalue weighted by molar-refractivity contribution is -0.144. The summed E-state index contributed by atoms with van der Waals surface area (Å²) < 4.78 is 50.1. The van der Waals surface area contributed by atoms with Crippen molar-refractivity contribution in [2.75, 3.05) is 50.9 Å². The number of benzene rings is 2. The van der Waals surface area contributed by atoms with Crippen LogP contribution in [0.15, 0.2) is 42.6 Å². The van der Waals surface area contributed by atoms with E-state index < -0.39 is 25.8 Å². The fourth-order valence-electron chi connectivity index (χ4n) is 8.50. The van der Waals surface area contributed by atoms with E-state index in [9.17, 15) is 9.18 Å². The number of fused-ring (bicyclic) bond motifs is 3. The summed E-state index contributed by atoms with van der Waals surface area (Å²) in [6.07, 6.45) is 5.70. The van der Waals surface area contributed by atoms with Gasteiger partial charge in [-0.15, -0.1) is 0 Å². The second kappa shape index (κ2) is 15.4. The quantitative estimate of drug-likeness (QED) is 0.104. The maximum Gasteiger partial charge on any atom is 0.319 e. The lowest BCUT2D eigenvalue weighted by Gasteiger charge is -2.36. The van der Waals surface area contributed by atoms with Crippen molar-refractivity contribution >= 4 is 41.8 Å². The van der Waals surface area contributed by atoms with Crippen LogP contribution in [-0.4, -0.2) is 91.8 Å². The van der Waals surface area contributed by atoms with Gasteiger partial charge in [-0.3, -0.25) is 14.7 Å². The first-order valence-corrected chi connectivity index (χ1v) is 22.6. The summed E-state index contributed by atoms with van der Waals surface area (Å²) in [5.41, 5.74) is 1.67. The van der Waals surface area contributed by atoms with Crippen molar-refractivity contribution < 1.29 is 27.5 Å². The van der Waals surface area contributed by atoms with Gasteiger partial charge < -0.3 is 18.8 Å². The van der Waals surface area contributed by atoms with Crippen LogP contribution >= 0.6 is 0 Å². The maximum absolute atomic E-state index is 17.3. The van der Waals surface area contributed by atoms with Crippen LogP contribution < -0.4 is 9.64 Å². The molecular weight excluding hydrogens is 705 g/mol. The van der Waals surface area contributed by atoms with Gasteiger partial charge in [-0.2, -0.15) is 9.97 Å². The third kappa shape index (κ3) is 7.71. The second-order valence-electron chi connectivity index (χ2n) is 17.0. The van der Waals surface area contributed by atoms with E-state index in [4.69, 9.17) is 28.9 Å². The topological polar surface area (TPSA) is 89.9 Å². The zero-order valence-corrected chi connectivity index (χ0v) is 33.7. The Kier molecular flexibility index (Phi) is 11.0. The molecule has 2 aromatic heterocycles. The molecule has 0 spiro atoms. The minimum atomic E-state index is -1.96. The Hall–Kier alpha value is -3.74. The molecule has 54 heavy (non-hydrogen) atoms. The van der Waals surface area contributed by atoms with E-state index >= 15 is 4.39 Å². The van der Waals surface area contributed by atoms with Gasteiger partial charge in [0.05, 0.1) is 24.0 Å². The Morgan fingerprint density at radius 1 is 1.07 bits per heavy atom.